The van der Waals surface area contributed by atoms with Crippen molar-refractivity contribution in [3.63, 3.8) is 0 Å². The molecule has 0 bridgehead atoms. The lowest BCUT2D eigenvalue weighted by Crippen LogP contribution is -2.28. The fourth-order valence-electron chi connectivity index (χ4n) is 2.70. The molecule has 1 fully saturated rings. The Morgan fingerprint density at radius 1 is 1.28 bits per heavy atom. The Bertz CT molecular complexity index is 400. The van der Waals surface area contributed by atoms with Gasteiger partial charge in [0.15, 0.2) is 0 Å². The van der Waals surface area contributed by atoms with Crippen LogP contribution in [0.3, 0.4) is 0 Å². The minimum absolute atomic E-state index is 0.128. The summed E-state index contributed by atoms with van der Waals surface area (Å²) < 4.78 is 5.50. The van der Waals surface area contributed by atoms with Gasteiger partial charge in [-0.3, -0.25) is 0 Å². The summed E-state index contributed by atoms with van der Waals surface area (Å²) in [7, 11) is 1.76. The molecule has 0 amide bonds. The smallest absolute Gasteiger partial charge is 0.122 e. The number of rotatable bonds is 2. The van der Waals surface area contributed by atoms with Crippen molar-refractivity contribution in [3.05, 3.63) is 29.3 Å². The van der Waals surface area contributed by atoms with E-state index in [0.29, 0.717) is 5.92 Å². The van der Waals surface area contributed by atoms with Crippen LogP contribution in [0.4, 0.5) is 0 Å². The van der Waals surface area contributed by atoms with Gasteiger partial charge in [-0.05, 0) is 47.9 Å². The second kappa shape index (κ2) is 5.31. The van der Waals surface area contributed by atoms with Gasteiger partial charge in [0, 0.05) is 6.54 Å². The maximum Gasteiger partial charge on any atom is 0.122 e. The molecule has 1 saturated heterocycles. The zero-order chi connectivity index (χ0) is 13.2. The highest BCUT2D eigenvalue weighted by molar-refractivity contribution is 5.42. The first-order valence-electron chi connectivity index (χ1n) is 6.91. The van der Waals surface area contributed by atoms with Gasteiger partial charge < -0.3 is 10.1 Å². The van der Waals surface area contributed by atoms with Crippen molar-refractivity contribution >= 4 is 0 Å². The molecule has 1 heterocycles. The number of hydrogen-bond acceptors (Lipinski definition) is 2. The molecule has 0 saturated carbocycles. The van der Waals surface area contributed by atoms with E-state index < -0.39 is 0 Å². The van der Waals surface area contributed by atoms with Crippen molar-refractivity contribution in [2.45, 2.75) is 44.9 Å². The molecule has 0 aromatic heterocycles. The van der Waals surface area contributed by atoms with E-state index in [2.05, 4.69) is 44.3 Å². The Hall–Kier alpha value is -1.02. The van der Waals surface area contributed by atoms with Gasteiger partial charge >= 0.3 is 0 Å². The lowest BCUT2D eigenvalue weighted by Gasteiger charge is -2.27. The molecule has 100 valence electrons. The van der Waals surface area contributed by atoms with E-state index in [-0.39, 0.29) is 5.41 Å². The van der Waals surface area contributed by atoms with E-state index >= 15 is 0 Å². The fourth-order valence-corrected chi connectivity index (χ4v) is 2.70. The van der Waals surface area contributed by atoms with E-state index in [1.165, 1.54) is 30.5 Å². The summed E-state index contributed by atoms with van der Waals surface area (Å²) in [5.41, 5.74) is 2.89. The highest BCUT2D eigenvalue weighted by atomic mass is 16.5. The monoisotopic (exact) mass is 247 g/mol. The number of ether oxygens (including phenoxy) is 1. The molecule has 2 heteroatoms. The Morgan fingerprint density at radius 2 is 2.06 bits per heavy atom. The predicted octanol–water partition coefficient (Wildman–Crippen LogP) is 3.46. The first-order valence-corrected chi connectivity index (χ1v) is 6.91. The minimum atomic E-state index is 0.128. The zero-order valence-corrected chi connectivity index (χ0v) is 12.0. The number of piperidine rings is 1. The lowest BCUT2D eigenvalue weighted by atomic mass is 9.82. The molecule has 1 unspecified atom stereocenters. The highest BCUT2D eigenvalue weighted by Gasteiger charge is 2.22. The van der Waals surface area contributed by atoms with E-state index in [9.17, 15) is 0 Å². The van der Waals surface area contributed by atoms with E-state index in [0.717, 1.165) is 12.3 Å². The lowest BCUT2D eigenvalue weighted by molar-refractivity contribution is 0.396. The van der Waals surface area contributed by atoms with Crippen LogP contribution in [0.15, 0.2) is 18.2 Å². The van der Waals surface area contributed by atoms with Crippen LogP contribution >= 0.6 is 0 Å². The molecular formula is C16H25NO. The molecule has 1 aromatic rings. The Labute approximate surface area is 111 Å². The predicted molar refractivity (Wildman–Crippen MR) is 76.5 cm³/mol. The first-order chi connectivity index (χ1) is 8.52. The van der Waals surface area contributed by atoms with Gasteiger partial charge in [0.05, 0.1) is 7.11 Å². The molecule has 1 N–H and O–H groups in total. The van der Waals surface area contributed by atoms with Crippen LogP contribution in [0, 0.1) is 0 Å². The summed E-state index contributed by atoms with van der Waals surface area (Å²) in [6, 6.07) is 6.70. The summed E-state index contributed by atoms with van der Waals surface area (Å²) >= 11 is 0. The molecule has 2 rings (SSSR count). The standard InChI is InChI=1S/C16H25NO/c1-16(2,3)14-10-12(7-8-15(14)18-4)13-6-5-9-17-11-13/h7-8,10,13,17H,5-6,9,11H2,1-4H3. The molecule has 1 aromatic carbocycles. The van der Waals surface area contributed by atoms with Crippen molar-refractivity contribution < 1.29 is 4.74 Å². The van der Waals surface area contributed by atoms with E-state index in [1.54, 1.807) is 7.11 Å². The molecule has 18 heavy (non-hydrogen) atoms. The molecule has 0 aliphatic carbocycles. The summed E-state index contributed by atoms with van der Waals surface area (Å²) in [6.07, 6.45) is 2.57. The van der Waals surface area contributed by atoms with Crippen molar-refractivity contribution in [3.8, 4) is 5.75 Å². The summed E-state index contributed by atoms with van der Waals surface area (Å²) in [5, 5.41) is 3.49. The SMILES string of the molecule is COc1ccc(C2CCCNC2)cc1C(C)(C)C. The second-order valence-corrected chi connectivity index (χ2v) is 6.25. The van der Waals surface area contributed by atoms with Gasteiger partial charge in [0.25, 0.3) is 0 Å². The van der Waals surface area contributed by atoms with Crippen LogP contribution in [-0.2, 0) is 5.41 Å². The van der Waals surface area contributed by atoms with Crippen LogP contribution < -0.4 is 10.1 Å². The van der Waals surface area contributed by atoms with Crippen LogP contribution in [0.5, 0.6) is 5.75 Å². The normalized spacial score (nSPS) is 20.8. The fraction of sp³-hybridized carbons (Fsp3) is 0.625. The quantitative estimate of drug-likeness (QED) is 0.864. The minimum Gasteiger partial charge on any atom is -0.496 e. The molecular weight excluding hydrogens is 222 g/mol. The van der Waals surface area contributed by atoms with Gasteiger partial charge in [0.2, 0.25) is 0 Å². The maximum absolute atomic E-state index is 5.50. The molecule has 0 radical (unpaired) electrons. The number of benzene rings is 1. The maximum atomic E-state index is 5.50. The summed E-state index contributed by atoms with van der Waals surface area (Å²) in [4.78, 5) is 0. The Kier molecular flexibility index (Phi) is 3.96. The van der Waals surface area contributed by atoms with Crippen LogP contribution in [0.1, 0.15) is 50.7 Å². The van der Waals surface area contributed by atoms with Gasteiger partial charge in [0.1, 0.15) is 5.75 Å². The number of nitrogens with one attached hydrogen (secondary N) is 1. The Balaban J connectivity index is 2.33. The third kappa shape index (κ3) is 2.86. The van der Waals surface area contributed by atoms with Crippen LogP contribution in [0.2, 0.25) is 0 Å². The van der Waals surface area contributed by atoms with Crippen LogP contribution in [-0.4, -0.2) is 20.2 Å². The largest absolute Gasteiger partial charge is 0.496 e. The van der Waals surface area contributed by atoms with Gasteiger partial charge in [-0.15, -0.1) is 0 Å². The summed E-state index contributed by atoms with van der Waals surface area (Å²) in [5.74, 6) is 1.67. The molecule has 1 atom stereocenters. The molecule has 2 nitrogen and oxygen atoms in total. The van der Waals surface area contributed by atoms with Crippen molar-refractivity contribution in [1.82, 2.24) is 5.32 Å². The molecule has 0 spiro atoms. The van der Waals surface area contributed by atoms with Gasteiger partial charge in [-0.2, -0.15) is 0 Å². The molecule has 1 aliphatic rings. The number of hydrogen-bond donors (Lipinski definition) is 1. The first kappa shape index (κ1) is 13.4. The third-order valence-corrected chi connectivity index (χ3v) is 3.80. The Morgan fingerprint density at radius 3 is 2.61 bits per heavy atom. The highest BCUT2D eigenvalue weighted by Crippen LogP contribution is 2.35. The van der Waals surface area contributed by atoms with E-state index in [1.807, 2.05) is 0 Å². The second-order valence-electron chi connectivity index (χ2n) is 6.25. The zero-order valence-electron chi connectivity index (χ0n) is 12.0. The average molecular weight is 247 g/mol. The van der Waals surface area contributed by atoms with Crippen LogP contribution in [0.25, 0.3) is 0 Å². The van der Waals surface area contributed by atoms with Gasteiger partial charge in [-0.1, -0.05) is 32.9 Å². The average Bonchev–Trinajstić information content (AvgIpc) is 2.38. The van der Waals surface area contributed by atoms with Crippen molar-refractivity contribution in [2.75, 3.05) is 20.2 Å². The third-order valence-electron chi connectivity index (χ3n) is 3.80. The van der Waals surface area contributed by atoms with E-state index in [4.69, 9.17) is 4.74 Å². The van der Waals surface area contributed by atoms with Crippen molar-refractivity contribution in [2.24, 2.45) is 0 Å². The summed E-state index contributed by atoms with van der Waals surface area (Å²) in [6.45, 7) is 9.00. The van der Waals surface area contributed by atoms with Crippen molar-refractivity contribution in [1.29, 1.82) is 0 Å². The number of methoxy groups -OCH3 is 1. The molecule has 1 aliphatic heterocycles. The van der Waals surface area contributed by atoms with Gasteiger partial charge in [-0.25, -0.2) is 0 Å². The topological polar surface area (TPSA) is 21.3 Å².